The molecule has 1 unspecified atom stereocenters. The summed E-state index contributed by atoms with van der Waals surface area (Å²) in [6.07, 6.45) is 2.09. The van der Waals surface area contributed by atoms with Crippen LogP contribution in [0.2, 0.25) is 0 Å². The first kappa shape index (κ1) is 21.5. The second-order valence-corrected chi connectivity index (χ2v) is 9.18. The first-order chi connectivity index (χ1) is 13.2. The van der Waals surface area contributed by atoms with Crippen molar-refractivity contribution in [2.75, 3.05) is 25.4 Å². The fourth-order valence-corrected chi connectivity index (χ4v) is 5.10. The molecule has 0 fully saturated rings. The van der Waals surface area contributed by atoms with Gasteiger partial charge < -0.3 is 9.47 Å². The Morgan fingerprint density at radius 1 is 1.14 bits per heavy atom. The molecule has 28 heavy (non-hydrogen) atoms. The van der Waals surface area contributed by atoms with Crippen molar-refractivity contribution in [1.29, 1.82) is 0 Å². The van der Waals surface area contributed by atoms with E-state index in [-0.39, 0.29) is 23.3 Å². The van der Waals surface area contributed by atoms with Gasteiger partial charge in [-0.15, -0.1) is 4.83 Å². The number of sulfonamides is 1. The topological polar surface area (TPSA) is 166 Å². The summed E-state index contributed by atoms with van der Waals surface area (Å²) in [5.74, 6) is 0.987. The predicted molar refractivity (Wildman–Crippen MR) is 99.8 cm³/mol. The van der Waals surface area contributed by atoms with E-state index in [1.165, 1.54) is 33.2 Å². The fourth-order valence-electron chi connectivity index (χ4n) is 2.12. The smallest absolute Gasteiger partial charge is 0.272 e. The molecule has 1 atom stereocenters. The normalized spacial score (nSPS) is 16.9. The molecule has 0 amide bonds. The van der Waals surface area contributed by atoms with Crippen LogP contribution >= 0.6 is 0 Å². The highest BCUT2D eigenvalue weighted by Crippen LogP contribution is 2.22. The van der Waals surface area contributed by atoms with Crippen LogP contribution in [0.1, 0.15) is 6.92 Å². The molecule has 14 heteroatoms. The third-order valence-corrected chi connectivity index (χ3v) is 6.92. The number of nitrogens with one attached hydrogen (secondary N) is 2. The molecule has 0 aromatic carbocycles. The number of hydrazine groups is 1. The van der Waals surface area contributed by atoms with Gasteiger partial charge in [-0.1, -0.05) is 6.92 Å². The first-order valence-electron chi connectivity index (χ1n) is 7.64. The van der Waals surface area contributed by atoms with Crippen molar-refractivity contribution in [3.05, 3.63) is 23.9 Å². The average Bonchev–Trinajstić information content (AvgIpc) is 2.71. The van der Waals surface area contributed by atoms with Gasteiger partial charge in [-0.25, -0.2) is 26.6 Å². The van der Waals surface area contributed by atoms with Crippen LogP contribution in [-0.2, 0) is 24.7 Å². The third-order valence-electron chi connectivity index (χ3n) is 3.51. The quantitative estimate of drug-likeness (QED) is 0.413. The molecule has 1 aliphatic heterocycles. The Kier molecular flexibility index (Phi) is 6.51. The lowest BCUT2D eigenvalue weighted by atomic mass is 10.2. The van der Waals surface area contributed by atoms with Gasteiger partial charge in [0.2, 0.25) is 17.7 Å². The van der Waals surface area contributed by atoms with Gasteiger partial charge in [0.05, 0.1) is 25.9 Å². The van der Waals surface area contributed by atoms with E-state index in [0.29, 0.717) is 0 Å². The molecule has 1 aromatic heterocycles. The number of ether oxygens (including phenoxy) is 2. The van der Waals surface area contributed by atoms with Crippen molar-refractivity contribution in [1.82, 2.24) is 14.8 Å². The van der Waals surface area contributed by atoms with Gasteiger partial charge in [0.15, 0.2) is 20.1 Å². The highest BCUT2D eigenvalue weighted by Gasteiger charge is 2.41. The molecule has 0 saturated carbocycles. The molecule has 1 aromatic rings. The number of nitrogens with zero attached hydrogens (tertiary/aromatic N) is 3. The highest BCUT2D eigenvalue weighted by molar-refractivity contribution is 8.07. The molecular formula is C14H17N5O7S2. The fraction of sp³-hybridized carbons (Fsp3) is 0.357. The van der Waals surface area contributed by atoms with Gasteiger partial charge in [-0.3, -0.25) is 5.43 Å². The number of anilines is 1. The van der Waals surface area contributed by atoms with Gasteiger partial charge in [-0.2, -0.15) is 9.97 Å². The molecule has 0 saturated heterocycles. The lowest BCUT2D eigenvalue weighted by Gasteiger charge is -2.20. The monoisotopic (exact) mass is 431 g/mol. The Hall–Kier alpha value is -2.80. The SMILES string of the molecule is CCS(=O)(=O)C1C(=C=O)C=CN=C1S(=O)(=O)NNc1nc(OC)cc(OC)n1. The Morgan fingerprint density at radius 3 is 2.25 bits per heavy atom. The summed E-state index contributed by atoms with van der Waals surface area (Å²) in [7, 11) is -5.85. The Bertz CT molecular complexity index is 1050. The van der Waals surface area contributed by atoms with E-state index < -0.39 is 35.9 Å². The van der Waals surface area contributed by atoms with Crippen LogP contribution < -0.4 is 19.7 Å². The highest BCUT2D eigenvalue weighted by atomic mass is 32.2. The largest absolute Gasteiger partial charge is 0.481 e. The van der Waals surface area contributed by atoms with E-state index in [4.69, 9.17) is 9.47 Å². The number of rotatable bonds is 7. The molecule has 1 aliphatic rings. The lowest BCUT2D eigenvalue weighted by Crippen LogP contribution is -2.45. The van der Waals surface area contributed by atoms with Crippen LogP contribution in [0.4, 0.5) is 5.95 Å². The summed E-state index contributed by atoms with van der Waals surface area (Å²) in [6, 6.07) is 1.36. The van der Waals surface area contributed by atoms with Gasteiger partial charge >= 0.3 is 0 Å². The number of carbonyl (C=O) groups excluding carboxylic acids is 1. The summed E-state index contributed by atoms with van der Waals surface area (Å²) in [6.45, 7) is 1.32. The number of methoxy groups -OCH3 is 2. The molecule has 0 aliphatic carbocycles. The summed E-state index contributed by atoms with van der Waals surface area (Å²) >= 11 is 0. The zero-order valence-corrected chi connectivity index (χ0v) is 16.7. The summed E-state index contributed by atoms with van der Waals surface area (Å²) in [5.41, 5.74) is 1.86. The molecule has 2 heterocycles. The molecule has 0 radical (unpaired) electrons. The van der Waals surface area contributed by atoms with E-state index in [0.717, 1.165) is 12.3 Å². The third kappa shape index (κ3) is 4.54. The van der Waals surface area contributed by atoms with Crippen LogP contribution in [0.25, 0.3) is 0 Å². The Labute approximate surface area is 161 Å². The first-order valence-corrected chi connectivity index (χ1v) is 10.8. The summed E-state index contributed by atoms with van der Waals surface area (Å²) < 4.78 is 59.8. The van der Waals surface area contributed by atoms with Crippen LogP contribution in [-0.4, -0.2) is 63.0 Å². The van der Waals surface area contributed by atoms with Crippen molar-refractivity contribution in [2.45, 2.75) is 12.2 Å². The zero-order chi connectivity index (χ0) is 20.9. The second-order valence-electron chi connectivity index (χ2n) is 5.18. The van der Waals surface area contributed by atoms with E-state index >= 15 is 0 Å². The minimum atomic E-state index is -4.51. The van der Waals surface area contributed by atoms with Crippen LogP contribution in [0.5, 0.6) is 11.8 Å². The van der Waals surface area contributed by atoms with Crippen LogP contribution in [0.3, 0.4) is 0 Å². The maximum Gasteiger partial charge on any atom is 0.272 e. The van der Waals surface area contributed by atoms with Crippen molar-refractivity contribution >= 4 is 36.8 Å². The van der Waals surface area contributed by atoms with E-state index in [2.05, 4.69) is 20.4 Å². The van der Waals surface area contributed by atoms with Gasteiger partial charge in [0.25, 0.3) is 10.0 Å². The molecule has 152 valence electrons. The molecule has 0 spiro atoms. The maximum absolute atomic E-state index is 12.6. The number of sulfone groups is 1. The lowest BCUT2D eigenvalue weighted by molar-refractivity contribution is 0.372. The minimum absolute atomic E-state index is 0.0871. The standard InChI is InChI=1S/C14H17N5O7S2/c1-4-27(21,22)12-9(8-20)5-6-15-13(12)28(23,24)19-18-14-16-10(25-2)7-11(17-14)26-3/h5-7,12,19H,4H2,1-3H3,(H,16,17,18). The van der Waals surface area contributed by atoms with Crippen molar-refractivity contribution in [2.24, 2.45) is 4.99 Å². The van der Waals surface area contributed by atoms with Gasteiger partial charge in [-0.05, 0) is 6.08 Å². The predicted octanol–water partition coefficient (Wildman–Crippen LogP) is -0.773. The van der Waals surface area contributed by atoms with E-state index in [9.17, 15) is 21.6 Å². The molecular weight excluding hydrogens is 414 g/mol. The number of aliphatic imine (C=N–C) groups is 1. The van der Waals surface area contributed by atoms with Crippen molar-refractivity contribution < 1.29 is 31.1 Å². The number of hydrogen-bond acceptors (Lipinski definition) is 11. The van der Waals surface area contributed by atoms with Gasteiger partial charge in [0, 0.05) is 12.0 Å². The van der Waals surface area contributed by atoms with Crippen LogP contribution in [0, 0.1) is 0 Å². The zero-order valence-electron chi connectivity index (χ0n) is 15.0. The van der Waals surface area contributed by atoms with Gasteiger partial charge in [0.1, 0.15) is 5.94 Å². The summed E-state index contributed by atoms with van der Waals surface area (Å²) in [4.78, 5) is 24.4. The van der Waals surface area contributed by atoms with Crippen molar-refractivity contribution in [3.63, 3.8) is 0 Å². The van der Waals surface area contributed by atoms with Crippen LogP contribution in [0.15, 0.2) is 28.9 Å². The molecule has 2 rings (SSSR count). The summed E-state index contributed by atoms with van der Waals surface area (Å²) in [5, 5.41) is -2.56. The maximum atomic E-state index is 12.6. The Balaban J connectivity index is 2.37. The van der Waals surface area contributed by atoms with Crippen molar-refractivity contribution in [3.8, 4) is 11.8 Å². The molecule has 0 bridgehead atoms. The van der Waals surface area contributed by atoms with E-state index in [1.54, 1.807) is 0 Å². The minimum Gasteiger partial charge on any atom is -0.481 e. The Morgan fingerprint density at radius 2 is 1.75 bits per heavy atom. The number of hydrogen-bond donors (Lipinski definition) is 2. The molecule has 12 nitrogen and oxygen atoms in total. The molecule has 2 N–H and O–H groups in total. The number of aromatic nitrogens is 2. The number of allylic oxidation sites excluding steroid dienone is 1. The van der Waals surface area contributed by atoms with E-state index in [1.807, 2.05) is 4.83 Å². The average molecular weight is 431 g/mol. The second kappa shape index (κ2) is 8.48.